The van der Waals surface area contributed by atoms with Crippen LogP contribution in [0.15, 0.2) is 41.5 Å². The summed E-state index contributed by atoms with van der Waals surface area (Å²) >= 11 is 0. The molecule has 102 valence electrons. The number of imidazole rings is 1. The average molecular weight is 268 g/mol. The van der Waals surface area contributed by atoms with E-state index in [2.05, 4.69) is 23.9 Å². The van der Waals surface area contributed by atoms with Crippen molar-refractivity contribution in [3.05, 3.63) is 58.4 Å². The van der Waals surface area contributed by atoms with Crippen molar-refractivity contribution in [1.29, 1.82) is 0 Å². The Labute approximate surface area is 116 Å². The summed E-state index contributed by atoms with van der Waals surface area (Å²) < 4.78 is 3.36. The molecule has 0 unspecified atom stereocenters. The van der Waals surface area contributed by atoms with Crippen LogP contribution in [0.25, 0.3) is 11.3 Å². The zero-order valence-corrected chi connectivity index (χ0v) is 11.7. The third kappa shape index (κ3) is 2.01. The summed E-state index contributed by atoms with van der Waals surface area (Å²) in [6.07, 6.45) is 3.63. The summed E-state index contributed by atoms with van der Waals surface area (Å²) in [4.78, 5) is 16.5. The summed E-state index contributed by atoms with van der Waals surface area (Å²) in [5, 5.41) is 4.55. The van der Waals surface area contributed by atoms with E-state index in [1.54, 1.807) is 27.4 Å². The van der Waals surface area contributed by atoms with Crippen LogP contribution in [0.5, 0.6) is 0 Å². The standard InChI is InChI=1S/C15H16N4O/c1-10(2)12-8-13(18-7-5-4-6-14(18)20)15-16-11(3)9-19(15)17-12/h4-10H,1-3H3. The van der Waals surface area contributed by atoms with E-state index in [0.717, 1.165) is 17.1 Å². The first-order valence-electron chi connectivity index (χ1n) is 6.61. The Morgan fingerprint density at radius 3 is 2.75 bits per heavy atom. The normalized spacial score (nSPS) is 11.4. The fourth-order valence-electron chi connectivity index (χ4n) is 2.18. The zero-order valence-electron chi connectivity index (χ0n) is 11.7. The number of hydrogen-bond donors (Lipinski definition) is 0. The van der Waals surface area contributed by atoms with Crippen LogP contribution in [-0.4, -0.2) is 19.2 Å². The highest BCUT2D eigenvalue weighted by molar-refractivity contribution is 5.59. The van der Waals surface area contributed by atoms with Crippen molar-refractivity contribution in [2.45, 2.75) is 26.7 Å². The van der Waals surface area contributed by atoms with Gasteiger partial charge < -0.3 is 0 Å². The number of rotatable bonds is 2. The van der Waals surface area contributed by atoms with Crippen molar-refractivity contribution in [3.63, 3.8) is 0 Å². The van der Waals surface area contributed by atoms with Crippen molar-refractivity contribution < 1.29 is 0 Å². The molecule has 0 radical (unpaired) electrons. The molecule has 20 heavy (non-hydrogen) atoms. The van der Waals surface area contributed by atoms with Gasteiger partial charge in [-0.25, -0.2) is 9.50 Å². The molecule has 3 rings (SSSR count). The largest absolute Gasteiger partial charge is 0.280 e. The number of pyridine rings is 1. The van der Waals surface area contributed by atoms with Gasteiger partial charge in [0.1, 0.15) is 0 Å². The van der Waals surface area contributed by atoms with Crippen molar-refractivity contribution in [3.8, 4) is 5.69 Å². The first kappa shape index (κ1) is 12.6. The third-order valence-corrected chi connectivity index (χ3v) is 3.22. The Bertz CT molecular complexity index is 829. The molecule has 0 N–H and O–H groups in total. The smallest absolute Gasteiger partial charge is 0.255 e. The van der Waals surface area contributed by atoms with Crippen LogP contribution in [0.4, 0.5) is 0 Å². The van der Waals surface area contributed by atoms with E-state index in [9.17, 15) is 4.79 Å². The van der Waals surface area contributed by atoms with Crippen LogP contribution in [0.1, 0.15) is 31.2 Å². The summed E-state index contributed by atoms with van der Waals surface area (Å²) in [7, 11) is 0. The first-order chi connectivity index (χ1) is 9.56. The summed E-state index contributed by atoms with van der Waals surface area (Å²) in [6, 6.07) is 7.05. The predicted octanol–water partition coefficient (Wildman–Crippen LogP) is 2.31. The molecule has 5 heteroatoms. The highest BCUT2D eigenvalue weighted by Crippen LogP contribution is 2.19. The molecule has 3 aromatic rings. The second kappa shape index (κ2) is 4.59. The van der Waals surface area contributed by atoms with E-state index in [1.807, 2.05) is 25.3 Å². The second-order valence-electron chi connectivity index (χ2n) is 5.17. The highest BCUT2D eigenvalue weighted by atomic mass is 16.1. The van der Waals surface area contributed by atoms with Gasteiger partial charge in [0.2, 0.25) is 0 Å². The van der Waals surface area contributed by atoms with E-state index in [1.165, 1.54) is 0 Å². The van der Waals surface area contributed by atoms with Gasteiger partial charge in [0.15, 0.2) is 5.65 Å². The Kier molecular flexibility index (Phi) is 2.89. The predicted molar refractivity (Wildman–Crippen MR) is 77.4 cm³/mol. The average Bonchev–Trinajstić information content (AvgIpc) is 2.78. The van der Waals surface area contributed by atoms with Gasteiger partial charge in [0.05, 0.1) is 23.3 Å². The fourth-order valence-corrected chi connectivity index (χ4v) is 2.18. The lowest BCUT2D eigenvalue weighted by Crippen LogP contribution is -2.17. The number of fused-ring (bicyclic) bond motifs is 1. The third-order valence-electron chi connectivity index (χ3n) is 3.22. The van der Waals surface area contributed by atoms with E-state index in [4.69, 9.17) is 0 Å². The summed E-state index contributed by atoms with van der Waals surface area (Å²) in [6.45, 7) is 6.08. The van der Waals surface area contributed by atoms with Gasteiger partial charge in [-0.3, -0.25) is 9.36 Å². The molecule has 0 aliphatic heterocycles. The minimum absolute atomic E-state index is 0.0732. The Morgan fingerprint density at radius 1 is 1.25 bits per heavy atom. The lowest BCUT2D eigenvalue weighted by Gasteiger charge is -2.11. The molecule has 0 spiro atoms. The maximum atomic E-state index is 12.1. The molecule has 0 aromatic carbocycles. The minimum Gasteiger partial charge on any atom is -0.280 e. The van der Waals surface area contributed by atoms with E-state index >= 15 is 0 Å². The molecule has 0 atom stereocenters. The molecular weight excluding hydrogens is 252 g/mol. The van der Waals surface area contributed by atoms with E-state index < -0.39 is 0 Å². The van der Waals surface area contributed by atoms with Crippen LogP contribution in [-0.2, 0) is 0 Å². The molecule has 3 aromatic heterocycles. The summed E-state index contributed by atoms with van der Waals surface area (Å²) in [5.41, 5.74) is 3.20. The molecule has 0 aliphatic carbocycles. The van der Waals surface area contributed by atoms with Gasteiger partial charge in [-0.1, -0.05) is 19.9 Å². The molecule has 0 aliphatic rings. The number of aryl methyl sites for hydroxylation is 1. The fraction of sp³-hybridized carbons (Fsp3) is 0.267. The molecule has 0 saturated heterocycles. The van der Waals surface area contributed by atoms with Gasteiger partial charge in [0, 0.05) is 12.3 Å². The van der Waals surface area contributed by atoms with Crippen LogP contribution in [0.2, 0.25) is 0 Å². The van der Waals surface area contributed by atoms with Gasteiger partial charge in [-0.2, -0.15) is 5.10 Å². The van der Waals surface area contributed by atoms with Crippen LogP contribution in [0.3, 0.4) is 0 Å². The molecule has 0 amide bonds. The topological polar surface area (TPSA) is 52.2 Å². The maximum Gasteiger partial charge on any atom is 0.255 e. The number of hydrogen-bond acceptors (Lipinski definition) is 3. The second-order valence-corrected chi connectivity index (χ2v) is 5.17. The maximum absolute atomic E-state index is 12.1. The minimum atomic E-state index is -0.0732. The van der Waals surface area contributed by atoms with Crippen molar-refractivity contribution in [1.82, 2.24) is 19.2 Å². The van der Waals surface area contributed by atoms with Crippen molar-refractivity contribution in [2.24, 2.45) is 0 Å². The molecule has 3 heterocycles. The lowest BCUT2D eigenvalue weighted by atomic mass is 10.1. The SMILES string of the molecule is Cc1cn2nc(C(C)C)cc(-n3ccccc3=O)c2n1. The first-order valence-corrected chi connectivity index (χ1v) is 6.61. The Morgan fingerprint density at radius 2 is 2.05 bits per heavy atom. The molecular formula is C15H16N4O. The Hall–Kier alpha value is -2.43. The van der Waals surface area contributed by atoms with Crippen LogP contribution < -0.4 is 5.56 Å². The van der Waals surface area contributed by atoms with Crippen LogP contribution in [0, 0.1) is 6.92 Å². The lowest BCUT2D eigenvalue weighted by molar-refractivity contribution is 0.757. The molecule has 0 fully saturated rings. The van der Waals surface area contributed by atoms with E-state index in [-0.39, 0.29) is 11.5 Å². The quantitative estimate of drug-likeness (QED) is 0.716. The number of nitrogens with zero attached hydrogens (tertiary/aromatic N) is 4. The molecule has 0 bridgehead atoms. The molecule has 0 saturated carbocycles. The van der Waals surface area contributed by atoms with Gasteiger partial charge in [-0.05, 0) is 25.0 Å². The van der Waals surface area contributed by atoms with E-state index in [0.29, 0.717) is 5.65 Å². The van der Waals surface area contributed by atoms with Crippen molar-refractivity contribution >= 4 is 5.65 Å². The summed E-state index contributed by atoms with van der Waals surface area (Å²) in [5.74, 6) is 0.278. The Balaban J connectivity index is 2.38. The highest BCUT2D eigenvalue weighted by Gasteiger charge is 2.12. The van der Waals surface area contributed by atoms with Gasteiger partial charge in [0.25, 0.3) is 5.56 Å². The monoisotopic (exact) mass is 268 g/mol. The van der Waals surface area contributed by atoms with Gasteiger partial charge in [-0.15, -0.1) is 0 Å². The van der Waals surface area contributed by atoms with Crippen molar-refractivity contribution in [2.75, 3.05) is 0 Å². The van der Waals surface area contributed by atoms with Crippen LogP contribution >= 0.6 is 0 Å². The number of aromatic nitrogens is 4. The van der Waals surface area contributed by atoms with Gasteiger partial charge >= 0.3 is 0 Å². The zero-order chi connectivity index (χ0) is 14.3. The molecule has 5 nitrogen and oxygen atoms in total.